The molecule has 6 heteroatoms. The molecule has 3 rings (SSSR count). The van der Waals surface area contributed by atoms with Crippen LogP contribution in [0.25, 0.3) is 0 Å². The normalized spacial score (nSPS) is 18.9. The van der Waals surface area contributed by atoms with Gasteiger partial charge in [-0.05, 0) is 49.8 Å². The number of carbonyl (C=O) groups is 1. The first kappa shape index (κ1) is 20.5. The highest BCUT2D eigenvalue weighted by molar-refractivity contribution is 6.32. The predicted molar refractivity (Wildman–Crippen MR) is 112 cm³/mol. The molecule has 0 aromatic heterocycles. The third kappa shape index (κ3) is 4.99. The van der Waals surface area contributed by atoms with Gasteiger partial charge >= 0.3 is 6.09 Å². The third-order valence-electron chi connectivity index (χ3n) is 5.32. The molecule has 0 radical (unpaired) electrons. The molecule has 0 spiro atoms. The Morgan fingerprint density at radius 2 is 2.29 bits per heavy atom. The number of nitriles is 1. The summed E-state index contributed by atoms with van der Waals surface area (Å²) in [6.45, 7) is 6.68. The van der Waals surface area contributed by atoms with Crippen LogP contribution >= 0.6 is 11.6 Å². The molecule has 1 saturated heterocycles. The Labute approximate surface area is 172 Å². The van der Waals surface area contributed by atoms with Crippen LogP contribution < -0.4 is 4.90 Å². The molecule has 1 heterocycles. The lowest BCUT2D eigenvalue weighted by Crippen LogP contribution is -2.40. The summed E-state index contributed by atoms with van der Waals surface area (Å²) in [6.07, 6.45) is 6.44. The molecule has 1 aliphatic carbocycles. The number of ether oxygens (including phenoxy) is 1. The van der Waals surface area contributed by atoms with Crippen molar-refractivity contribution in [1.82, 2.24) is 4.90 Å². The fourth-order valence-electron chi connectivity index (χ4n) is 3.80. The van der Waals surface area contributed by atoms with Gasteiger partial charge in [-0.1, -0.05) is 37.1 Å². The Bertz CT molecular complexity index is 784. The highest BCUT2D eigenvalue weighted by Crippen LogP contribution is 2.30. The largest absolute Gasteiger partial charge is 0.449 e. The van der Waals surface area contributed by atoms with Crippen molar-refractivity contribution in [2.75, 3.05) is 31.1 Å². The van der Waals surface area contributed by atoms with E-state index in [0.717, 1.165) is 31.5 Å². The van der Waals surface area contributed by atoms with E-state index in [0.29, 0.717) is 36.2 Å². The van der Waals surface area contributed by atoms with Gasteiger partial charge in [0.1, 0.15) is 6.07 Å². The SMILES string of the molecule is CC(C)COC(=O)N1CC[C@H](N(CC2=CCCC2)c2ccc(C#N)c(Cl)c2)C1. The van der Waals surface area contributed by atoms with E-state index in [4.69, 9.17) is 21.6 Å². The van der Waals surface area contributed by atoms with Crippen LogP contribution in [-0.4, -0.2) is 43.3 Å². The van der Waals surface area contributed by atoms with E-state index in [1.807, 2.05) is 26.0 Å². The van der Waals surface area contributed by atoms with Crippen LogP contribution in [0.5, 0.6) is 0 Å². The Morgan fingerprint density at radius 3 is 2.93 bits per heavy atom. The van der Waals surface area contributed by atoms with Gasteiger partial charge in [-0.15, -0.1) is 0 Å². The molecule has 1 amide bonds. The van der Waals surface area contributed by atoms with Crippen LogP contribution in [0.2, 0.25) is 5.02 Å². The lowest BCUT2D eigenvalue weighted by Gasteiger charge is -2.32. The first-order valence-electron chi connectivity index (χ1n) is 10.0. The summed E-state index contributed by atoms with van der Waals surface area (Å²) in [6, 6.07) is 7.93. The summed E-state index contributed by atoms with van der Waals surface area (Å²) in [5.74, 6) is 0.328. The fourth-order valence-corrected chi connectivity index (χ4v) is 4.01. The van der Waals surface area contributed by atoms with Gasteiger partial charge in [-0.2, -0.15) is 5.26 Å². The summed E-state index contributed by atoms with van der Waals surface area (Å²) in [7, 11) is 0. The van der Waals surface area contributed by atoms with Gasteiger partial charge in [-0.3, -0.25) is 0 Å². The minimum absolute atomic E-state index is 0.206. The average Bonchev–Trinajstić information content (AvgIpc) is 3.36. The van der Waals surface area contributed by atoms with Gasteiger partial charge in [0, 0.05) is 31.4 Å². The second kappa shape index (κ2) is 9.34. The zero-order chi connectivity index (χ0) is 20.1. The number of rotatable bonds is 6. The highest BCUT2D eigenvalue weighted by Gasteiger charge is 2.32. The standard InChI is InChI=1S/C22H28ClN3O2/c1-16(2)15-28-22(27)25-10-9-20(14-25)26(13-17-5-3-4-6-17)19-8-7-18(12-24)21(23)11-19/h5,7-8,11,16,20H,3-4,6,9-10,13-15H2,1-2H3/t20-/m0/s1. The van der Waals surface area contributed by atoms with Crippen molar-refractivity contribution in [1.29, 1.82) is 5.26 Å². The molecule has 1 aromatic rings. The van der Waals surface area contributed by atoms with E-state index in [1.54, 1.807) is 11.0 Å². The molecule has 1 aromatic carbocycles. The van der Waals surface area contributed by atoms with Crippen molar-refractivity contribution in [3.8, 4) is 6.07 Å². The van der Waals surface area contributed by atoms with Crippen LogP contribution in [-0.2, 0) is 4.74 Å². The van der Waals surface area contributed by atoms with Gasteiger partial charge in [0.05, 0.1) is 17.2 Å². The van der Waals surface area contributed by atoms with Crippen LogP contribution in [0.3, 0.4) is 0 Å². The minimum atomic E-state index is -0.228. The van der Waals surface area contributed by atoms with Gasteiger partial charge in [-0.25, -0.2) is 4.79 Å². The second-order valence-electron chi connectivity index (χ2n) is 8.02. The molecule has 0 N–H and O–H groups in total. The molecular weight excluding hydrogens is 374 g/mol. The van der Waals surface area contributed by atoms with E-state index < -0.39 is 0 Å². The average molecular weight is 402 g/mol. The van der Waals surface area contributed by atoms with E-state index >= 15 is 0 Å². The van der Waals surface area contributed by atoms with E-state index in [9.17, 15) is 4.79 Å². The molecule has 28 heavy (non-hydrogen) atoms. The number of benzene rings is 1. The predicted octanol–water partition coefficient (Wildman–Crippen LogP) is 5.00. The maximum absolute atomic E-state index is 12.4. The van der Waals surface area contributed by atoms with Gasteiger partial charge < -0.3 is 14.5 Å². The third-order valence-corrected chi connectivity index (χ3v) is 5.63. The second-order valence-corrected chi connectivity index (χ2v) is 8.42. The topological polar surface area (TPSA) is 56.6 Å². The molecule has 1 atom stereocenters. The molecule has 1 fully saturated rings. The number of anilines is 1. The van der Waals surface area contributed by atoms with Crippen molar-refractivity contribution in [2.45, 2.75) is 45.6 Å². The van der Waals surface area contributed by atoms with E-state index in [1.165, 1.54) is 12.0 Å². The molecule has 2 aliphatic rings. The van der Waals surface area contributed by atoms with Crippen molar-refractivity contribution < 1.29 is 9.53 Å². The summed E-state index contributed by atoms with van der Waals surface area (Å²) in [5, 5.41) is 9.63. The smallest absolute Gasteiger partial charge is 0.409 e. The van der Waals surface area contributed by atoms with E-state index in [-0.39, 0.29) is 12.1 Å². The number of carbonyl (C=O) groups excluding carboxylic acids is 1. The fraction of sp³-hybridized carbons (Fsp3) is 0.545. The molecule has 0 unspecified atom stereocenters. The molecule has 0 bridgehead atoms. The number of likely N-dealkylation sites (tertiary alicyclic amines) is 1. The lowest BCUT2D eigenvalue weighted by atomic mass is 10.1. The van der Waals surface area contributed by atoms with Crippen LogP contribution in [0.4, 0.5) is 10.5 Å². The molecule has 0 saturated carbocycles. The zero-order valence-corrected chi connectivity index (χ0v) is 17.4. The van der Waals surface area contributed by atoms with Crippen molar-refractivity contribution >= 4 is 23.4 Å². The summed E-state index contributed by atoms with van der Waals surface area (Å²) >= 11 is 6.30. The van der Waals surface area contributed by atoms with E-state index in [2.05, 4.69) is 17.0 Å². The molecular formula is C22H28ClN3O2. The number of hydrogen-bond acceptors (Lipinski definition) is 4. The Kier molecular flexibility index (Phi) is 6.85. The van der Waals surface area contributed by atoms with Crippen LogP contribution in [0, 0.1) is 17.2 Å². The number of halogens is 1. The first-order valence-corrected chi connectivity index (χ1v) is 10.4. The minimum Gasteiger partial charge on any atom is -0.449 e. The quantitative estimate of drug-likeness (QED) is 0.629. The van der Waals surface area contributed by atoms with Gasteiger partial charge in [0.25, 0.3) is 0 Å². The Morgan fingerprint density at radius 1 is 1.46 bits per heavy atom. The summed E-state index contributed by atoms with van der Waals surface area (Å²) in [4.78, 5) is 16.5. The highest BCUT2D eigenvalue weighted by atomic mass is 35.5. The molecule has 150 valence electrons. The molecule has 5 nitrogen and oxygen atoms in total. The maximum atomic E-state index is 12.4. The van der Waals surface area contributed by atoms with Crippen LogP contribution in [0.1, 0.15) is 45.1 Å². The lowest BCUT2D eigenvalue weighted by molar-refractivity contribution is 0.0991. The van der Waals surface area contributed by atoms with Crippen LogP contribution in [0.15, 0.2) is 29.8 Å². The van der Waals surface area contributed by atoms with Gasteiger partial charge in [0.2, 0.25) is 0 Å². The van der Waals surface area contributed by atoms with Crippen molar-refractivity contribution in [2.24, 2.45) is 5.92 Å². The van der Waals surface area contributed by atoms with Crippen molar-refractivity contribution in [3.63, 3.8) is 0 Å². The van der Waals surface area contributed by atoms with Gasteiger partial charge in [0.15, 0.2) is 0 Å². The number of nitrogens with zero attached hydrogens (tertiary/aromatic N) is 3. The maximum Gasteiger partial charge on any atom is 0.409 e. The van der Waals surface area contributed by atoms with Crippen molar-refractivity contribution in [3.05, 3.63) is 40.4 Å². The zero-order valence-electron chi connectivity index (χ0n) is 16.7. The molecule has 1 aliphatic heterocycles. The summed E-state index contributed by atoms with van der Waals surface area (Å²) < 4.78 is 5.40. The number of amides is 1. The number of hydrogen-bond donors (Lipinski definition) is 0. The Balaban J connectivity index is 1.75. The Hall–Kier alpha value is -2.19. The summed E-state index contributed by atoms with van der Waals surface area (Å²) in [5.41, 5.74) is 2.91. The first-order chi connectivity index (χ1) is 13.5. The number of allylic oxidation sites excluding steroid dienone is 1. The monoisotopic (exact) mass is 401 g/mol.